The van der Waals surface area contributed by atoms with Crippen molar-refractivity contribution in [3.8, 4) is 10.8 Å². The molecule has 2 N–H and O–H groups in total. The number of hydrogen-bond acceptors (Lipinski definition) is 5. The molecule has 3 aliphatic rings. The number of piperidine rings is 3. The molecule has 3 saturated heterocycles. The monoisotopic (exact) mass is 385 g/mol. The molecule has 2 amide bonds. The predicted octanol–water partition coefficient (Wildman–Crippen LogP) is 3.32. The van der Waals surface area contributed by atoms with Crippen molar-refractivity contribution in [2.75, 3.05) is 25.0 Å². The van der Waals surface area contributed by atoms with Crippen LogP contribution in [0.25, 0.3) is 0 Å². The Kier molecular flexibility index (Phi) is 5.13. The largest absolute Gasteiger partial charge is 0.447 e. The summed E-state index contributed by atoms with van der Waals surface area (Å²) in [5, 5.41) is 6.59. The van der Waals surface area contributed by atoms with Crippen molar-refractivity contribution >= 4 is 28.8 Å². The normalized spacial score (nSPS) is 23.7. The number of anilines is 1. The number of amides is 2. The van der Waals surface area contributed by atoms with Gasteiger partial charge >= 0.3 is 0 Å². The van der Waals surface area contributed by atoms with E-state index in [1.54, 1.807) is 24.3 Å². The number of nitrogens with one attached hydrogen (secondary N) is 2. The van der Waals surface area contributed by atoms with Crippen molar-refractivity contribution in [1.29, 1.82) is 0 Å². The van der Waals surface area contributed by atoms with Crippen LogP contribution in [0.5, 0.6) is 10.8 Å². The van der Waals surface area contributed by atoms with E-state index in [-0.39, 0.29) is 17.9 Å². The Morgan fingerprint density at radius 1 is 1.11 bits per heavy atom. The molecule has 0 saturated carbocycles. The van der Waals surface area contributed by atoms with Crippen LogP contribution in [0.3, 0.4) is 0 Å². The summed E-state index contributed by atoms with van der Waals surface area (Å²) in [7, 11) is 0. The molecule has 142 valence electrons. The minimum atomic E-state index is -0.111. The lowest BCUT2D eigenvalue weighted by Crippen LogP contribution is -2.57. The first-order valence-corrected chi connectivity index (χ1v) is 10.1. The zero-order valence-corrected chi connectivity index (χ0v) is 16.1. The molecule has 6 nitrogen and oxygen atoms in total. The number of carbonyl (C=O) groups is 2. The summed E-state index contributed by atoms with van der Waals surface area (Å²) in [4.78, 5) is 26.7. The van der Waals surface area contributed by atoms with E-state index in [2.05, 4.69) is 15.5 Å². The Balaban J connectivity index is 1.35. The highest BCUT2D eigenvalue weighted by atomic mass is 32.1. The molecular formula is C20H23N3O3S. The van der Waals surface area contributed by atoms with Crippen LogP contribution in [0.4, 0.5) is 5.69 Å². The van der Waals surface area contributed by atoms with Crippen molar-refractivity contribution in [1.82, 2.24) is 10.2 Å². The Morgan fingerprint density at radius 2 is 1.85 bits per heavy atom. The lowest BCUT2D eigenvalue weighted by atomic mass is 9.84. The van der Waals surface area contributed by atoms with E-state index in [9.17, 15) is 9.59 Å². The molecule has 0 radical (unpaired) electrons. The van der Waals surface area contributed by atoms with Crippen LogP contribution in [0.2, 0.25) is 0 Å². The molecule has 1 unspecified atom stereocenters. The number of ether oxygens (including phenoxy) is 1. The molecule has 4 heterocycles. The highest BCUT2D eigenvalue weighted by molar-refractivity contribution is 7.15. The number of benzene rings is 1. The molecule has 5 rings (SSSR count). The van der Waals surface area contributed by atoms with Crippen LogP contribution in [0.15, 0.2) is 36.4 Å². The Bertz CT molecular complexity index is 825. The SMILES string of the molecule is CC(=O)Nc1ccc(Oc2ccc(C(=O)NC3CN4CCC3CC4)s2)cc1. The maximum absolute atomic E-state index is 12.6. The second kappa shape index (κ2) is 7.70. The van der Waals surface area contributed by atoms with Gasteiger partial charge in [-0.05, 0) is 68.2 Å². The van der Waals surface area contributed by atoms with E-state index in [1.807, 2.05) is 12.1 Å². The molecule has 0 aliphatic carbocycles. The molecular weight excluding hydrogens is 362 g/mol. The lowest BCUT2D eigenvalue weighted by Gasteiger charge is -2.44. The molecule has 1 aromatic carbocycles. The standard InChI is InChI=1S/C20H23N3O3S/c1-13(24)21-15-2-4-16(5-3-15)26-19-7-6-18(27-19)20(25)22-17-12-23-10-8-14(17)9-11-23/h2-7,14,17H,8-12H2,1H3,(H,21,24)(H,22,25). The average Bonchev–Trinajstić information content (AvgIpc) is 3.13. The van der Waals surface area contributed by atoms with Gasteiger partial charge in [0.15, 0.2) is 5.06 Å². The molecule has 1 aromatic heterocycles. The van der Waals surface area contributed by atoms with Crippen molar-refractivity contribution < 1.29 is 14.3 Å². The number of nitrogens with zero attached hydrogens (tertiary/aromatic N) is 1. The van der Waals surface area contributed by atoms with Crippen LogP contribution in [-0.4, -0.2) is 42.4 Å². The number of rotatable bonds is 5. The van der Waals surface area contributed by atoms with Crippen molar-refractivity contribution in [2.24, 2.45) is 5.92 Å². The second-order valence-corrected chi connectivity index (χ2v) is 8.19. The van der Waals surface area contributed by atoms with Gasteiger partial charge in [-0.15, -0.1) is 0 Å². The van der Waals surface area contributed by atoms with E-state index in [0.717, 1.165) is 25.3 Å². The summed E-state index contributed by atoms with van der Waals surface area (Å²) in [6.07, 6.45) is 2.36. The summed E-state index contributed by atoms with van der Waals surface area (Å²) < 4.78 is 5.83. The Labute approximate surface area is 162 Å². The number of fused-ring (bicyclic) bond motifs is 3. The zero-order chi connectivity index (χ0) is 18.8. The summed E-state index contributed by atoms with van der Waals surface area (Å²) >= 11 is 1.34. The average molecular weight is 385 g/mol. The van der Waals surface area contributed by atoms with E-state index in [0.29, 0.717) is 21.6 Å². The predicted molar refractivity (Wildman–Crippen MR) is 106 cm³/mol. The molecule has 3 aliphatic heterocycles. The third kappa shape index (κ3) is 4.31. The Hall–Kier alpha value is -2.38. The first-order chi connectivity index (χ1) is 13.1. The van der Waals surface area contributed by atoms with E-state index in [4.69, 9.17) is 4.74 Å². The second-order valence-electron chi connectivity index (χ2n) is 7.14. The Morgan fingerprint density at radius 3 is 2.48 bits per heavy atom. The highest BCUT2D eigenvalue weighted by Gasteiger charge is 2.35. The minimum Gasteiger partial charge on any atom is -0.447 e. The van der Waals surface area contributed by atoms with Crippen LogP contribution in [-0.2, 0) is 4.79 Å². The van der Waals surface area contributed by atoms with Crippen molar-refractivity contribution in [3.05, 3.63) is 41.3 Å². The van der Waals surface area contributed by atoms with Gasteiger partial charge in [0.25, 0.3) is 5.91 Å². The fourth-order valence-corrected chi connectivity index (χ4v) is 4.57. The van der Waals surface area contributed by atoms with Crippen LogP contribution in [0.1, 0.15) is 29.4 Å². The lowest BCUT2D eigenvalue weighted by molar-refractivity contribution is -0.114. The molecule has 1 atom stereocenters. The van der Waals surface area contributed by atoms with Gasteiger partial charge in [0.1, 0.15) is 5.75 Å². The maximum atomic E-state index is 12.6. The van der Waals surface area contributed by atoms with Gasteiger partial charge in [-0.25, -0.2) is 0 Å². The van der Waals surface area contributed by atoms with E-state index < -0.39 is 0 Å². The summed E-state index contributed by atoms with van der Waals surface area (Å²) in [6.45, 7) is 4.76. The van der Waals surface area contributed by atoms with Crippen molar-refractivity contribution in [2.45, 2.75) is 25.8 Å². The quantitative estimate of drug-likeness (QED) is 0.828. The third-order valence-electron chi connectivity index (χ3n) is 5.17. The van der Waals surface area contributed by atoms with Gasteiger partial charge < -0.3 is 20.3 Å². The van der Waals surface area contributed by atoms with Gasteiger partial charge in [0.05, 0.1) is 4.88 Å². The molecule has 2 bridgehead atoms. The maximum Gasteiger partial charge on any atom is 0.261 e. The van der Waals surface area contributed by atoms with E-state index >= 15 is 0 Å². The summed E-state index contributed by atoms with van der Waals surface area (Å²) in [5.41, 5.74) is 0.721. The number of hydrogen-bond donors (Lipinski definition) is 2. The number of carbonyl (C=O) groups excluding carboxylic acids is 2. The van der Waals surface area contributed by atoms with Crippen LogP contribution >= 0.6 is 11.3 Å². The minimum absolute atomic E-state index is 0.0189. The molecule has 2 aromatic rings. The van der Waals surface area contributed by atoms with Gasteiger partial charge in [-0.2, -0.15) is 0 Å². The smallest absolute Gasteiger partial charge is 0.261 e. The van der Waals surface area contributed by atoms with Gasteiger partial charge in [-0.1, -0.05) is 11.3 Å². The number of thiophene rings is 1. The van der Waals surface area contributed by atoms with Crippen molar-refractivity contribution in [3.63, 3.8) is 0 Å². The first kappa shape index (κ1) is 18.0. The summed E-state index contributed by atoms with van der Waals surface area (Å²) in [6, 6.07) is 11.0. The topological polar surface area (TPSA) is 70.7 Å². The van der Waals surface area contributed by atoms with Gasteiger partial charge in [0, 0.05) is 25.2 Å². The first-order valence-electron chi connectivity index (χ1n) is 9.25. The molecule has 27 heavy (non-hydrogen) atoms. The molecule has 7 heteroatoms. The molecule has 3 fully saturated rings. The van der Waals surface area contributed by atoms with Crippen LogP contribution in [0, 0.1) is 5.92 Å². The van der Waals surface area contributed by atoms with Crippen LogP contribution < -0.4 is 15.4 Å². The third-order valence-corrected chi connectivity index (χ3v) is 6.13. The molecule has 0 spiro atoms. The fourth-order valence-electron chi connectivity index (χ4n) is 3.79. The highest BCUT2D eigenvalue weighted by Crippen LogP contribution is 2.31. The summed E-state index contributed by atoms with van der Waals surface area (Å²) in [5.74, 6) is 1.14. The zero-order valence-electron chi connectivity index (χ0n) is 15.2. The van der Waals surface area contributed by atoms with Gasteiger partial charge in [0.2, 0.25) is 5.91 Å². The van der Waals surface area contributed by atoms with Gasteiger partial charge in [-0.3, -0.25) is 9.59 Å². The van der Waals surface area contributed by atoms with E-state index in [1.165, 1.54) is 31.1 Å². The fraction of sp³-hybridized carbons (Fsp3) is 0.400.